The SMILES string of the molecule is CO[C@@H]1CCN(C(=O)C(C#N)=CC(C)C)C[C@H]1Cc1ccccc1. The average Bonchev–Trinajstić information content (AvgIpc) is 2.59. The topological polar surface area (TPSA) is 53.3 Å². The number of benzene rings is 1. The smallest absolute Gasteiger partial charge is 0.264 e. The van der Waals surface area contributed by atoms with E-state index in [0.717, 1.165) is 12.8 Å². The van der Waals surface area contributed by atoms with E-state index in [1.807, 2.05) is 32.0 Å². The quantitative estimate of drug-likeness (QED) is 0.617. The van der Waals surface area contributed by atoms with E-state index < -0.39 is 0 Å². The molecule has 0 aromatic heterocycles. The van der Waals surface area contributed by atoms with Crippen molar-refractivity contribution >= 4 is 5.91 Å². The van der Waals surface area contributed by atoms with Crippen molar-refractivity contribution in [3.63, 3.8) is 0 Å². The summed E-state index contributed by atoms with van der Waals surface area (Å²) in [4.78, 5) is 14.5. The molecule has 0 N–H and O–H groups in total. The van der Waals surface area contributed by atoms with Gasteiger partial charge in [0.2, 0.25) is 0 Å². The van der Waals surface area contributed by atoms with E-state index in [1.165, 1.54) is 5.56 Å². The number of allylic oxidation sites excluding steroid dienone is 1. The van der Waals surface area contributed by atoms with Gasteiger partial charge in [-0.05, 0) is 24.3 Å². The number of hydrogen-bond donors (Lipinski definition) is 0. The van der Waals surface area contributed by atoms with Crippen LogP contribution in [-0.2, 0) is 16.0 Å². The summed E-state index contributed by atoms with van der Waals surface area (Å²) in [5, 5.41) is 9.28. The van der Waals surface area contributed by atoms with Crippen LogP contribution in [0.1, 0.15) is 25.8 Å². The second-order valence-corrected chi connectivity index (χ2v) is 6.70. The molecular formula is C20H26N2O2. The zero-order chi connectivity index (χ0) is 17.5. The molecular weight excluding hydrogens is 300 g/mol. The number of nitrogens with zero attached hydrogens (tertiary/aromatic N) is 2. The Kier molecular flexibility index (Phi) is 6.57. The molecule has 1 fully saturated rings. The molecule has 1 amide bonds. The molecule has 4 nitrogen and oxygen atoms in total. The first-order valence-electron chi connectivity index (χ1n) is 8.53. The van der Waals surface area contributed by atoms with E-state index in [-0.39, 0.29) is 29.4 Å². The summed E-state index contributed by atoms with van der Waals surface area (Å²) in [6, 6.07) is 12.3. The summed E-state index contributed by atoms with van der Waals surface area (Å²) in [5.74, 6) is 0.271. The molecule has 0 radical (unpaired) electrons. The fraction of sp³-hybridized carbons (Fsp3) is 0.500. The maximum absolute atomic E-state index is 12.7. The molecule has 2 rings (SSSR count). The van der Waals surface area contributed by atoms with E-state index in [2.05, 4.69) is 18.2 Å². The van der Waals surface area contributed by atoms with Gasteiger partial charge in [-0.25, -0.2) is 0 Å². The van der Waals surface area contributed by atoms with Crippen molar-refractivity contribution in [3.8, 4) is 6.07 Å². The van der Waals surface area contributed by atoms with Crippen LogP contribution in [0.3, 0.4) is 0 Å². The summed E-state index contributed by atoms with van der Waals surface area (Å²) in [7, 11) is 1.74. The molecule has 1 heterocycles. The number of piperidine rings is 1. The van der Waals surface area contributed by atoms with Gasteiger partial charge in [0.15, 0.2) is 0 Å². The number of rotatable bonds is 5. The van der Waals surface area contributed by atoms with Crippen molar-refractivity contribution in [2.45, 2.75) is 32.8 Å². The molecule has 0 spiro atoms. The lowest BCUT2D eigenvalue weighted by atomic mass is 9.88. The highest BCUT2D eigenvalue weighted by Crippen LogP contribution is 2.25. The minimum atomic E-state index is -0.154. The predicted molar refractivity (Wildman–Crippen MR) is 94.2 cm³/mol. The molecule has 128 valence electrons. The minimum absolute atomic E-state index is 0.147. The number of methoxy groups -OCH3 is 1. The molecule has 4 heteroatoms. The Morgan fingerprint density at radius 2 is 2.12 bits per heavy atom. The van der Waals surface area contributed by atoms with Gasteiger partial charge in [-0.3, -0.25) is 4.79 Å². The maximum atomic E-state index is 12.7. The first-order valence-corrected chi connectivity index (χ1v) is 8.53. The highest BCUT2D eigenvalue weighted by atomic mass is 16.5. The molecule has 1 aromatic carbocycles. The van der Waals surface area contributed by atoms with Crippen LogP contribution in [0.5, 0.6) is 0 Å². The normalized spacial score (nSPS) is 21.6. The van der Waals surface area contributed by atoms with Crippen LogP contribution in [0.25, 0.3) is 0 Å². The Morgan fingerprint density at radius 1 is 1.42 bits per heavy atom. The number of carbonyl (C=O) groups is 1. The molecule has 2 atom stereocenters. The van der Waals surface area contributed by atoms with Crippen molar-refractivity contribution in [1.29, 1.82) is 5.26 Å². The predicted octanol–water partition coefficient (Wildman–Crippen LogP) is 3.20. The second kappa shape index (κ2) is 8.65. The van der Waals surface area contributed by atoms with Crippen molar-refractivity contribution in [2.24, 2.45) is 11.8 Å². The third kappa shape index (κ3) is 4.69. The molecule has 24 heavy (non-hydrogen) atoms. The Morgan fingerprint density at radius 3 is 2.71 bits per heavy atom. The third-order valence-corrected chi connectivity index (χ3v) is 4.45. The maximum Gasteiger partial charge on any atom is 0.264 e. The van der Waals surface area contributed by atoms with Gasteiger partial charge in [0.25, 0.3) is 5.91 Å². The van der Waals surface area contributed by atoms with E-state index in [0.29, 0.717) is 13.1 Å². The molecule has 1 aliphatic rings. The Labute approximate surface area is 144 Å². The fourth-order valence-electron chi connectivity index (χ4n) is 3.28. The molecule has 0 unspecified atom stereocenters. The van der Waals surface area contributed by atoms with Gasteiger partial charge in [-0.15, -0.1) is 0 Å². The largest absolute Gasteiger partial charge is 0.381 e. The van der Waals surface area contributed by atoms with Gasteiger partial charge in [0.05, 0.1) is 6.10 Å². The molecule has 1 aliphatic heterocycles. The van der Waals surface area contributed by atoms with Gasteiger partial charge < -0.3 is 9.64 Å². The van der Waals surface area contributed by atoms with Crippen molar-refractivity contribution < 1.29 is 9.53 Å². The summed E-state index contributed by atoms with van der Waals surface area (Å²) >= 11 is 0. The zero-order valence-electron chi connectivity index (χ0n) is 14.7. The molecule has 0 saturated carbocycles. The van der Waals surface area contributed by atoms with Gasteiger partial charge >= 0.3 is 0 Å². The fourth-order valence-corrected chi connectivity index (χ4v) is 3.28. The highest BCUT2D eigenvalue weighted by Gasteiger charge is 2.32. The Balaban J connectivity index is 2.11. The number of nitriles is 1. The van der Waals surface area contributed by atoms with E-state index in [9.17, 15) is 10.1 Å². The lowest BCUT2D eigenvalue weighted by molar-refractivity contribution is -0.131. The molecule has 1 saturated heterocycles. The highest BCUT2D eigenvalue weighted by molar-refractivity contribution is 5.97. The van der Waals surface area contributed by atoms with Crippen LogP contribution in [0.15, 0.2) is 42.0 Å². The minimum Gasteiger partial charge on any atom is -0.381 e. The molecule has 1 aromatic rings. The average molecular weight is 326 g/mol. The monoisotopic (exact) mass is 326 g/mol. The van der Waals surface area contributed by atoms with Crippen LogP contribution in [0.4, 0.5) is 0 Å². The number of ether oxygens (including phenoxy) is 1. The van der Waals surface area contributed by atoms with Crippen LogP contribution in [0, 0.1) is 23.2 Å². The van der Waals surface area contributed by atoms with E-state index in [1.54, 1.807) is 18.1 Å². The van der Waals surface area contributed by atoms with Crippen LogP contribution >= 0.6 is 0 Å². The zero-order valence-corrected chi connectivity index (χ0v) is 14.7. The van der Waals surface area contributed by atoms with Crippen LogP contribution in [0.2, 0.25) is 0 Å². The molecule has 0 aliphatic carbocycles. The summed E-state index contributed by atoms with van der Waals surface area (Å²) in [6.45, 7) is 5.21. The van der Waals surface area contributed by atoms with Gasteiger partial charge in [-0.2, -0.15) is 5.26 Å². The van der Waals surface area contributed by atoms with Gasteiger partial charge in [-0.1, -0.05) is 50.3 Å². The van der Waals surface area contributed by atoms with Crippen molar-refractivity contribution in [2.75, 3.05) is 20.2 Å². The van der Waals surface area contributed by atoms with Crippen LogP contribution < -0.4 is 0 Å². The first-order chi connectivity index (χ1) is 11.5. The van der Waals surface area contributed by atoms with Crippen molar-refractivity contribution in [1.82, 2.24) is 4.90 Å². The summed E-state index contributed by atoms with van der Waals surface area (Å²) < 4.78 is 5.64. The number of likely N-dealkylation sites (tertiary alicyclic amines) is 1. The molecule has 0 bridgehead atoms. The Bertz CT molecular complexity index is 616. The first kappa shape index (κ1) is 18.2. The number of carbonyl (C=O) groups excluding carboxylic acids is 1. The number of hydrogen-bond acceptors (Lipinski definition) is 3. The Hall–Kier alpha value is -2.12. The lowest BCUT2D eigenvalue weighted by Crippen LogP contribution is -2.47. The number of amides is 1. The van der Waals surface area contributed by atoms with Gasteiger partial charge in [0.1, 0.15) is 11.6 Å². The third-order valence-electron chi connectivity index (χ3n) is 4.45. The van der Waals surface area contributed by atoms with Gasteiger partial charge in [0, 0.05) is 26.1 Å². The summed E-state index contributed by atoms with van der Waals surface area (Å²) in [5.41, 5.74) is 1.50. The van der Waals surface area contributed by atoms with Crippen LogP contribution in [-0.4, -0.2) is 37.1 Å². The standard InChI is InChI=1S/C20H26N2O2/c1-15(2)11-17(13-21)20(23)22-10-9-19(24-3)18(14-22)12-16-7-5-4-6-8-16/h4-8,11,15,18-19H,9-10,12,14H2,1-3H3/t18-,19-/m1/s1. The lowest BCUT2D eigenvalue weighted by Gasteiger charge is -2.38. The van der Waals surface area contributed by atoms with E-state index >= 15 is 0 Å². The van der Waals surface area contributed by atoms with E-state index in [4.69, 9.17) is 4.74 Å². The van der Waals surface area contributed by atoms with Crippen molar-refractivity contribution in [3.05, 3.63) is 47.5 Å². The summed E-state index contributed by atoms with van der Waals surface area (Å²) in [6.07, 6.45) is 3.57. The second-order valence-electron chi connectivity index (χ2n) is 6.70.